The molecule has 22 heavy (non-hydrogen) atoms. The minimum atomic E-state index is -0.0921. The highest BCUT2D eigenvalue weighted by atomic mass is 16.1. The lowest BCUT2D eigenvalue weighted by Crippen LogP contribution is -2.01. The lowest BCUT2D eigenvalue weighted by molar-refractivity contribution is 1.26. The largest absolute Gasteiger partial charge is 0.321 e. The Labute approximate surface area is 124 Å². The first kappa shape index (κ1) is 13.7. The van der Waals surface area contributed by atoms with Crippen LogP contribution in [-0.4, -0.2) is 19.9 Å². The molecule has 0 aliphatic heterocycles. The molecule has 0 aliphatic carbocycles. The third-order valence-corrected chi connectivity index (χ3v) is 3.05. The monoisotopic (exact) mass is 292 g/mol. The summed E-state index contributed by atoms with van der Waals surface area (Å²) in [4.78, 5) is 34.7. The van der Waals surface area contributed by atoms with Crippen LogP contribution < -0.4 is 11.1 Å². The maximum atomic E-state index is 10.8. The van der Waals surface area contributed by atoms with Crippen LogP contribution in [-0.2, 0) is 0 Å². The van der Waals surface area contributed by atoms with E-state index in [-0.39, 0.29) is 11.1 Å². The lowest BCUT2D eigenvalue weighted by atomic mass is 10.3. The number of pyridine rings is 4. The number of fused-ring (bicyclic) bond motifs is 2. The number of hydrogen-bond acceptors (Lipinski definition) is 4. The molecular weight excluding hydrogens is 280 g/mol. The highest BCUT2D eigenvalue weighted by molar-refractivity contribution is 5.77. The summed E-state index contributed by atoms with van der Waals surface area (Å²) < 4.78 is 0. The minimum Gasteiger partial charge on any atom is -0.321 e. The second-order valence-electron chi connectivity index (χ2n) is 4.57. The number of rotatable bonds is 0. The van der Waals surface area contributed by atoms with Crippen LogP contribution in [0.25, 0.3) is 21.8 Å². The van der Waals surface area contributed by atoms with Gasteiger partial charge in [-0.25, -0.2) is 0 Å². The number of nitrogens with zero attached hydrogens (tertiary/aromatic N) is 2. The smallest absolute Gasteiger partial charge is 0.248 e. The fraction of sp³-hybridized carbons (Fsp3) is 0. The van der Waals surface area contributed by atoms with Crippen LogP contribution >= 0.6 is 0 Å². The average molecular weight is 292 g/mol. The van der Waals surface area contributed by atoms with Gasteiger partial charge in [0, 0.05) is 35.3 Å². The van der Waals surface area contributed by atoms with E-state index in [4.69, 9.17) is 0 Å². The summed E-state index contributed by atoms with van der Waals surface area (Å²) in [5, 5.41) is 2.00. The molecule has 6 nitrogen and oxygen atoms in total. The van der Waals surface area contributed by atoms with Crippen molar-refractivity contribution in [3.63, 3.8) is 0 Å². The molecule has 2 N–H and O–H groups in total. The van der Waals surface area contributed by atoms with Crippen molar-refractivity contribution in [2.75, 3.05) is 0 Å². The summed E-state index contributed by atoms with van der Waals surface area (Å²) in [5.74, 6) is 0. The van der Waals surface area contributed by atoms with E-state index in [1.807, 2.05) is 12.1 Å². The third-order valence-electron chi connectivity index (χ3n) is 3.05. The quantitative estimate of drug-likeness (QED) is 0.517. The molecule has 0 unspecified atom stereocenters. The van der Waals surface area contributed by atoms with Crippen molar-refractivity contribution in [2.24, 2.45) is 0 Å². The first-order valence-corrected chi connectivity index (χ1v) is 6.58. The topological polar surface area (TPSA) is 91.5 Å². The second-order valence-corrected chi connectivity index (χ2v) is 4.57. The van der Waals surface area contributed by atoms with E-state index < -0.39 is 0 Å². The molecule has 0 radical (unpaired) electrons. The molecule has 0 bridgehead atoms. The van der Waals surface area contributed by atoms with E-state index in [9.17, 15) is 9.59 Å². The second kappa shape index (κ2) is 6.01. The predicted octanol–water partition coefficient (Wildman–Crippen LogP) is 1.85. The van der Waals surface area contributed by atoms with Crippen molar-refractivity contribution in [1.82, 2.24) is 19.9 Å². The highest BCUT2D eigenvalue weighted by Crippen LogP contribution is 2.05. The predicted molar refractivity (Wildman–Crippen MR) is 84.7 cm³/mol. The molecule has 0 aromatic carbocycles. The van der Waals surface area contributed by atoms with Gasteiger partial charge in [0.2, 0.25) is 11.1 Å². The van der Waals surface area contributed by atoms with Crippen LogP contribution in [0.1, 0.15) is 0 Å². The standard InChI is InChI=1S/2C8H6N2O/c2*11-8-2-1-6-3-4-9-5-7(6)10-8/h2*1-5H,(H,10,11). The zero-order valence-electron chi connectivity index (χ0n) is 11.5. The molecule has 4 rings (SSSR count). The van der Waals surface area contributed by atoms with Crippen molar-refractivity contribution in [2.45, 2.75) is 0 Å². The fourth-order valence-electron chi connectivity index (χ4n) is 1.99. The molecule has 0 saturated carbocycles. The normalized spacial score (nSPS) is 10.2. The van der Waals surface area contributed by atoms with Gasteiger partial charge in [-0.2, -0.15) is 0 Å². The summed E-state index contributed by atoms with van der Waals surface area (Å²) in [6.07, 6.45) is 6.66. The van der Waals surface area contributed by atoms with Gasteiger partial charge in [-0.3, -0.25) is 19.6 Å². The van der Waals surface area contributed by atoms with Crippen LogP contribution in [0.4, 0.5) is 0 Å². The van der Waals surface area contributed by atoms with Gasteiger partial charge < -0.3 is 9.97 Å². The number of hydrogen-bond donors (Lipinski definition) is 2. The Morgan fingerprint density at radius 1 is 0.636 bits per heavy atom. The summed E-state index contributed by atoms with van der Waals surface area (Å²) >= 11 is 0. The van der Waals surface area contributed by atoms with E-state index in [0.29, 0.717) is 0 Å². The van der Waals surface area contributed by atoms with Crippen LogP contribution in [0.3, 0.4) is 0 Å². The van der Waals surface area contributed by atoms with Gasteiger partial charge in [0.05, 0.1) is 23.4 Å². The molecule has 0 spiro atoms. The summed E-state index contributed by atoms with van der Waals surface area (Å²) in [7, 11) is 0. The third kappa shape index (κ3) is 3.06. The van der Waals surface area contributed by atoms with Crippen LogP contribution in [0, 0.1) is 0 Å². The fourth-order valence-corrected chi connectivity index (χ4v) is 1.99. The molecule has 4 heterocycles. The Balaban J connectivity index is 0.000000131. The Morgan fingerprint density at radius 2 is 1.09 bits per heavy atom. The highest BCUT2D eigenvalue weighted by Gasteiger charge is 1.91. The van der Waals surface area contributed by atoms with Crippen molar-refractivity contribution in [1.29, 1.82) is 0 Å². The zero-order valence-corrected chi connectivity index (χ0v) is 11.5. The minimum absolute atomic E-state index is 0.0921. The first-order chi connectivity index (χ1) is 10.7. The zero-order chi connectivity index (χ0) is 15.4. The molecule has 0 atom stereocenters. The molecule has 6 heteroatoms. The number of aromatic amines is 2. The van der Waals surface area contributed by atoms with E-state index in [0.717, 1.165) is 21.8 Å². The average Bonchev–Trinajstić information content (AvgIpc) is 2.55. The number of nitrogens with one attached hydrogen (secondary N) is 2. The van der Waals surface area contributed by atoms with E-state index >= 15 is 0 Å². The van der Waals surface area contributed by atoms with Crippen LogP contribution in [0.5, 0.6) is 0 Å². The Bertz CT molecular complexity index is 951. The molecular formula is C16H12N4O2. The maximum Gasteiger partial charge on any atom is 0.248 e. The first-order valence-electron chi connectivity index (χ1n) is 6.58. The Hall–Kier alpha value is -3.28. The van der Waals surface area contributed by atoms with Gasteiger partial charge in [0.1, 0.15) is 0 Å². The van der Waals surface area contributed by atoms with Gasteiger partial charge in [-0.1, -0.05) is 0 Å². The van der Waals surface area contributed by atoms with Gasteiger partial charge in [0.25, 0.3) is 0 Å². The summed E-state index contributed by atoms with van der Waals surface area (Å²) in [5.41, 5.74) is 1.37. The molecule has 0 amide bonds. The van der Waals surface area contributed by atoms with E-state index in [1.165, 1.54) is 12.1 Å². The van der Waals surface area contributed by atoms with Gasteiger partial charge in [-0.05, 0) is 24.3 Å². The van der Waals surface area contributed by atoms with E-state index in [2.05, 4.69) is 19.9 Å². The molecule has 108 valence electrons. The maximum absolute atomic E-state index is 10.8. The van der Waals surface area contributed by atoms with Crippen molar-refractivity contribution < 1.29 is 0 Å². The van der Waals surface area contributed by atoms with Gasteiger partial charge in [0.15, 0.2) is 0 Å². The summed E-state index contributed by atoms with van der Waals surface area (Å²) in [6, 6.07) is 10.3. The lowest BCUT2D eigenvalue weighted by Gasteiger charge is -1.92. The van der Waals surface area contributed by atoms with Crippen molar-refractivity contribution in [3.8, 4) is 0 Å². The van der Waals surface area contributed by atoms with Gasteiger partial charge in [-0.15, -0.1) is 0 Å². The molecule has 4 aromatic rings. The number of aromatic nitrogens is 4. The summed E-state index contributed by atoms with van der Waals surface area (Å²) in [6.45, 7) is 0. The molecule has 0 saturated heterocycles. The van der Waals surface area contributed by atoms with Crippen LogP contribution in [0.15, 0.2) is 70.8 Å². The Kier molecular flexibility index (Phi) is 3.74. The van der Waals surface area contributed by atoms with E-state index in [1.54, 1.807) is 36.9 Å². The molecule has 0 aliphatic rings. The van der Waals surface area contributed by atoms with Crippen LogP contribution in [0.2, 0.25) is 0 Å². The molecule has 4 aromatic heterocycles. The number of H-pyrrole nitrogens is 2. The molecule has 0 fully saturated rings. The Morgan fingerprint density at radius 3 is 1.55 bits per heavy atom. The van der Waals surface area contributed by atoms with Crippen molar-refractivity contribution in [3.05, 3.63) is 81.9 Å². The van der Waals surface area contributed by atoms with Crippen molar-refractivity contribution >= 4 is 21.8 Å². The van der Waals surface area contributed by atoms with Gasteiger partial charge >= 0.3 is 0 Å². The SMILES string of the molecule is O=c1ccc2ccncc2[nH]1.O=c1ccc2ccncc2[nH]1.